The number of anilines is 1. The molecule has 1 atom stereocenters. The fourth-order valence-corrected chi connectivity index (χ4v) is 3.50. The topological polar surface area (TPSA) is 93.3 Å². The summed E-state index contributed by atoms with van der Waals surface area (Å²) in [5.41, 5.74) is 5.03. The lowest BCUT2D eigenvalue weighted by atomic mass is 9.93. The smallest absolute Gasteiger partial charge is 0.277 e. The number of terminal acetylenes is 1. The van der Waals surface area contributed by atoms with Gasteiger partial charge in [0, 0.05) is 29.4 Å². The molecule has 1 aliphatic rings. The summed E-state index contributed by atoms with van der Waals surface area (Å²) in [4.78, 5) is 24.5. The van der Waals surface area contributed by atoms with Crippen molar-refractivity contribution < 1.29 is 13.6 Å². The monoisotopic (exact) mass is 387 g/mol. The second-order valence-electron chi connectivity index (χ2n) is 5.80. The van der Waals surface area contributed by atoms with Crippen molar-refractivity contribution in [1.29, 1.82) is 0 Å². The van der Waals surface area contributed by atoms with Crippen molar-refractivity contribution in [2.24, 2.45) is 10.7 Å². The summed E-state index contributed by atoms with van der Waals surface area (Å²) in [7, 11) is 0. The Bertz CT molecular complexity index is 959. The molecule has 0 spiro atoms. The number of rotatable bonds is 4. The Balaban J connectivity index is 1.87. The Morgan fingerprint density at radius 2 is 2.26 bits per heavy atom. The maximum Gasteiger partial charge on any atom is 0.277 e. The van der Waals surface area contributed by atoms with Crippen LogP contribution in [0.5, 0.6) is 0 Å². The SMILES string of the molecule is C#Cc1cnc(C(=O)Nc2ccnc([C@]3(CF)CCSC(N)=N3)c2)c(F)c1. The van der Waals surface area contributed by atoms with Crippen molar-refractivity contribution in [2.45, 2.75) is 12.0 Å². The third kappa shape index (κ3) is 3.90. The number of aliphatic imine (C=N–C) groups is 1. The minimum absolute atomic E-state index is 0.228. The van der Waals surface area contributed by atoms with Gasteiger partial charge in [-0.2, -0.15) is 0 Å². The van der Waals surface area contributed by atoms with Crippen LogP contribution in [0, 0.1) is 18.2 Å². The molecular formula is C18H15F2N5OS. The third-order valence-corrected chi connectivity index (χ3v) is 4.82. The summed E-state index contributed by atoms with van der Waals surface area (Å²) in [6.45, 7) is -0.775. The number of nitrogens with two attached hydrogens (primary N) is 1. The molecule has 0 saturated heterocycles. The molecule has 0 fully saturated rings. The van der Waals surface area contributed by atoms with E-state index in [9.17, 15) is 13.6 Å². The van der Waals surface area contributed by atoms with Gasteiger partial charge < -0.3 is 11.1 Å². The largest absolute Gasteiger partial charge is 0.379 e. The Labute approximate surface area is 158 Å². The zero-order chi connectivity index (χ0) is 19.4. The molecule has 3 N–H and O–H groups in total. The average Bonchev–Trinajstić information content (AvgIpc) is 2.67. The highest BCUT2D eigenvalue weighted by Gasteiger charge is 2.36. The Kier molecular flexibility index (Phi) is 5.37. The van der Waals surface area contributed by atoms with E-state index in [1.165, 1.54) is 36.3 Å². The first-order valence-corrected chi connectivity index (χ1v) is 8.90. The molecule has 6 nitrogen and oxygen atoms in total. The minimum Gasteiger partial charge on any atom is -0.379 e. The van der Waals surface area contributed by atoms with Crippen molar-refractivity contribution in [3.05, 3.63) is 53.4 Å². The number of hydrogen-bond donors (Lipinski definition) is 2. The van der Waals surface area contributed by atoms with Gasteiger partial charge in [-0.25, -0.2) is 18.8 Å². The second kappa shape index (κ2) is 7.72. The van der Waals surface area contributed by atoms with Gasteiger partial charge in [0.1, 0.15) is 12.2 Å². The summed E-state index contributed by atoms with van der Waals surface area (Å²) >= 11 is 1.35. The number of alkyl halides is 1. The summed E-state index contributed by atoms with van der Waals surface area (Å²) in [5, 5.41) is 2.82. The molecule has 0 radical (unpaired) electrons. The number of nitrogens with zero attached hydrogens (tertiary/aromatic N) is 3. The lowest BCUT2D eigenvalue weighted by Crippen LogP contribution is -2.34. The van der Waals surface area contributed by atoms with Gasteiger partial charge in [0.15, 0.2) is 16.7 Å². The molecule has 2 aromatic heterocycles. The van der Waals surface area contributed by atoms with Crippen LogP contribution in [0.3, 0.4) is 0 Å². The maximum atomic E-state index is 14.0. The summed E-state index contributed by atoms with van der Waals surface area (Å²) in [5.74, 6) is 1.25. The lowest BCUT2D eigenvalue weighted by molar-refractivity contribution is 0.101. The predicted molar refractivity (Wildman–Crippen MR) is 101 cm³/mol. The van der Waals surface area contributed by atoms with E-state index < -0.39 is 29.6 Å². The van der Waals surface area contributed by atoms with Crippen LogP contribution in [0.25, 0.3) is 0 Å². The normalized spacial score (nSPS) is 19.1. The van der Waals surface area contributed by atoms with Crippen LogP contribution >= 0.6 is 11.8 Å². The number of amides is 1. The Hall–Kier alpha value is -2.99. The Morgan fingerprint density at radius 1 is 1.44 bits per heavy atom. The van der Waals surface area contributed by atoms with Crippen molar-refractivity contribution in [3.63, 3.8) is 0 Å². The van der Waals surface area contributed by atoms with E-state index in [0.29, 0.717) is 23.6 Å². The number of hydrogen-bond acceptors (Lipinski definition) is 6. The Morgan fingerprint density at radius 3 is 2.93 bits per heavy atom. The van der Waals surface area contributed by atoms with Gasteiger partial charge in [0.05, 0.1) is 5.69 Å². The van der Waals surface area contributed by atoms with Crippen molar-refractivity contribution in [3.8, 4) is 12.3 Å². The molecule has 138 valence electrons. The number of carbonyl (C=O) groups excluding carboxylic acids is 1. The van der Waals surface area contributed by atoms with E-state index in [1.54, 1.807) is 0 Å². The lowest BCUT2D eigenvalue weighted by Gasteiger charge is -2.30. The fraction of sp³-hybridized carbons (Fsp3) is 0.222. The molecule has 3 heterocycles. The number of thioether (sulfide) groups is 1. The molecule has 0 aliphatic carbocycles. The predicted octanol–water partition coefficient (Wildman–Crippen LogP) is 2.47. The van der Waals surface area contributed by atoms with E-state index in [-0.39, 0.29) is 10.7 Å². The molecule has 9 heteroatoms. The first-order chi connectivity index (χ1) is 13.0. The van der Waals surface area contributed by atoms with Crippen LogP contribution in [0.1, 0.15) is 28.2 Å². The first-order valence-electron chi connectivity index (χ1n) is 7.91. The molecular weight excluding hydrogens is 372 g/mol. The highest BCUT2D eigenvalue weighted by molar-refractivity contribution is 8.13. The van der Waals surface area contributed by atoms with Gasteiger partial charge in [-0.1, -0.05) is 17.7 Å². The van der Waals surface area contributed by atoms with Crippen LogP contribution < -0.4 is 11.1 Å². The fourth-order valence-electron chi connectivity index (χ4n) is 2.61. The molecule has 3 rings (SSSR count). The molecule has 2 aromatic rings. The van der Waals surface area contributed by atoms with E-state index in [0.717, 1.165) is 6.07 Å². The van der Waals surface area contributed by atoms with Gasteiger partial charge in [-0.15, -0.1) is 6.42 Å². The zero-order valence-corrected chi connectivity index (χ0v) is 14.9. The van der Waals surface area contributed by atoms with Crippen LogP contribution in [-0.4, -0.2) is 33.5 Å². The third-order valence-electron chi connectivity index (χ3n) is 4.03. The van der Waals surface area contributed by atoms with Crippen LogP contribution in [0.4, 0.5) is 14.5 Å². The van der Waals surface area contributed by atoms with E-state index >= 15 is 0 Å². The van der Waals surface area contributed by atoms with Crippen LogP contribution in [-0.2, 0) is 5.54 Å². The zero-order valence-electron chi connectivity index (χ0n) is 14.1. The maximum absolute atomic E-state index is 14.0. The number of amidine groups is 1. The van der Waals surface area contributed by atoms with E-state index in [2.05, 4.69) is 26.2 Å². The molecule has 27 heavy (non-hydrogen) atoms. The number of carbonyl (C=O) groups is 1. The number of halogens is 2. The van der Waals surface area contributed by atoms with Gasteiger partial charge in [0.25, 0.3) is 5.91 Å². The van der Waals surface area contributed by atoms with Gasteiger partial charge >= 0.3 is 0 Å². The van der Waals surface area contributed by atoms with Crippen LogP contribution in [0.15, 0.2) is 35.6 Å². The molecule has 1 amide bonds. The molecule has 0 saturated carbocycles. The summed E-state index contributed by atoms with van der Waals surface area (Å²) in [6.07, 6.45) is 8.24. The van der Waals surface area contributed by atoms with Crippen molar-refractivity contribution >= 4 is 28.5 Å². The molecule has 0 aromatic carbocycles. The average molecular weight is 387 g/mol. The number of aromatic nitrogens is 2. The van der Waals surface area contributed by atoms with Gasteiger partial charge in [-0.3, -0.25) is 9.78 Å². The van der Waals surface area contributed by atoms with E-state index in [1.807, 2.05) is 0 Å². The highest BCUT2D eigenvalue weighted by atomic mass is 32.2. The van der Waals surface area contributed by atoms with Crippen molar-refractivity contribution in [1.82, 2.24) is 9.97 Å². The minimum atomic E-state index is -1.19. The van der Waals surface area contributed by atoms with Gasteiger partial charge in [-0.05, 0) is 24.6 Å². The highest BCUT2D eigenvalue weighted by Crippen LogP contribution is 2.35. The summed E-state index contributed by atoms with van der Waals surface area (Å²) < 4.78 is 27.8. The van der Waals surface area contributed by atoms with Gasteiger partial charge in [0.2, 0.25) is 0 Å². The second-order valence-corrected chi connectivity index (χ2v) is 6.91. The first kappa shape index (κ1) is 18.8. The quantitative estimate of drug-likeness (QED) is 0.786. The number of pyridine rings is 2. The van der Waals surface area contributed by atoms with E-state index in [4.69, 9.17) is 12.2 Å². The molecule has 0 bridgehead atoms. The molecule has 0 unspecified atom stereocenters. The van der Waals surface area contributed by atoms with Crippen LogP contribution in [0.2, 0.25) is 0 Å². The van der Waals surface area contributed by atoms with Crippen molar-refractivity contribution in [2.75, 3.05) is 17.7 Å². The number of nitrogens with one attached hydrogen (secondary N) is 1. The molecule has 1 aliphatic heterocycles. The standard InChI is InChI=1S/C18H15F2N5OS/c1-2-11-7-13(20)15(23-9-11)16(26)24-12-3-5-22-14(8-12)18(10-19)4-6-27-17(21)25-18/h1,3,5,7-9H,4,6,10H2,(H2,21,25)(H,22,24,26)/t18-/m1/s1. The summed E-state index contributed by atoms with van der Waals surface area (Å²) in [6, 6.07) is 4.05.